The first kappa shape index (κ1) is 16.4. The molecular weight excluding hydrogens is 373 g/mol. The molecule has 0 amide bonds. The van der Waals surface area contributed by atoms with Crippen LogP contribution in [0.5, 0.6) is 0 Å². The zero-order chi connectivity index (χ0) is 15.2. The Balaban J connectivity index is 2.14. The highest BCUT2D eigenvalue weighted by atomic mass is 79.9. The van der Waals surface area contributed by atoms with Gasteiger partial charge in [0.05, 0.1) is 10.0 Å². The lowest BCUT2D eigenvalue weighted by molar-refractivity contribution is 0.968. The first-order chi connectivity index (χ1) is 10.1. The quantitative estimate of drug-likeness (QED) is 0.677. The van der Waals surface area contributed by atoms with Crippen LogP contribution in [0.2, 0.25) is 10.0 Å². The van der Waals surface area contributed by atoms with Gasteiger partial charge >= 0.3 is 0 Å². The lowest BCUT2D eigenvalue weighted by Gasteiger charge is -2.12. The van der Waals surface area contributed by atoms with E-state index in [0.29, 0.717) is 28.2 Å². The minimum Gasteiger partial charge on any atom is -0.369 e. The van der Waals surface area contributed by atoms with E-state index in [9.17, 15) is 0 Å². The molecule has 0 unspecified atom stereocenters. The van der Waals surface area contributed by atoms with Gasteiger partial charge in [-0.15, -0.1) is 0 Å². The predicted molar refractivity (Wildman–Crippen MR) is 94.5 cm³/mol. The fourth-order valence-corrected chi connectivity index (χ4v) is 2.70. The number of pyridine rings is 1. The van der Waals surface area contributed by atoms with Crippen molar-refractivity contribution in [2.24, 2.45) is 0 Å². The van der Waals surface area contributed by atoms with Crippen LogP contribution in [0.1, 0.15) is 18.9 Å². The molecule has 0 bridgehead atoms. The predicted octanol–water partition coefficient (Wildman–Crippen LogP) is 5.58. The number of rotatable bonds is 6. The Kier molecular flexibility index (Phi) is 6.15. The molecule has 0 saturated carbocycles. The molecule has 0 saturated heterocycles. The summed E-state index contributed by atoms with van der Waals surface area (Å²) in [6.07, 6.45) is 1.00. The van der Waals surface area contributed by atoms with Crippen LogP contribution in [-0.4, -0.2) is 11.5 Å². The van der Waals surface area contributed by atoms with E-state index in [0.717, 1.165) is 23.0 Å². The van der Waals surface area contributed by atoms with Crippen LogP contribution in [0.3, 0.4) is 0 Å². The van der Waals surface area contributed by atoms with Crippen LogP contribution in [0.4, 0.5) is 11.6 Å². The number of anilines is 2. The molecule has 0 radical (unpaired) electrons. The summed E-state index contributed by atoms with van der Waals surface area (Å²) in [5, 5.41) is 7.47. The summed E-state index contributed by atoms with van der Waals surface area (Å²) in [5.41, 5.74) is 1.13. The normalized spacial score (nSPS) is 10.5. The van der Waals surface area contributed by atoms with Crippen molar-refractivity contribution in [2.45, 2.75) is 19.9 Å². The van der Waals surface area contributed by atoms with Crippen LogP contribution in [0, 0.1) is 0 Å². The maximum absolute atomic E-state index is 6.19. The Morgan fingerprint density at radius 1 is 1.10 bits per heavy atom. The molecule has 21 heavy (non-hydrogen) atoms. The molecule has 2 N–H and O–H groups in total. The topological polar surface area (TPSA) is 37.0 Å². The van der Waals surface area contributed by atoms with E-state index in [1.54, 1.807) is 6.07 Å². The summed E-state index contributed by atoms with van der Waals surface area (Å²) in [6, 6.07) is 9.72. The molecular formula is C15H16BrCl2N3. The van der Waals surface area contributed by atoms with Gasteiger partial charge in [-0.1, -0.05) is 64.3 Å². The van der Waals surface area contributed by atoms with Crippen LogP contribution >= 0.6 is 39.1 Å². The van der Waals surface area contributed by atoms with Crippen molar-refractivity contribution in [2.75, 3.05) is 17.2 Å². The Morgan fingerprint density at radius 2 is 1.76 bits per heavy atom. The maximum Gasteiger partial charge on any atom is 0.147 e. The van der Waals surface area contributed by atoms with E-state index in [1.807, 2.05) is 24.3 Å². The second-order valence-electron chi connectivity index (χ2n) is 4.52. The third-order valence-electron chi connectivity index (χ3n) is 2.88. The van der Waals surface area contributed by atoms with Gasteiger partial charge < -0.3 is 10.6 Å². The van der Waals surface area contributed by atoms with Crippen molar-refractivity contribution < 1.29 is 0 Å². The Hall–Kier alpha value is -0.970. The largest absolute Gasteiger partial charge is 0.369 e. The summed E-state index contributed by atoms with van der Waals surface area (Å²) in [7, 11) is 0. The van der Waals surface area contributed by atoms with Gasteiger partial charge in [0.1, 0.15) is 11.6 Å². The van der Waals surface area contributed by atoms with Crippen molar-refractivity contribution in [3.8, 4) is 0 Å². The molecule has 0 aliphatic heterocycles. The summed E-state index contributed by atoms with van der Waals surface area (Å²) in [4.78, 5) is 4.45. The molecule has 2 rings (SSSR count). The Bertz CT molecular complexity index is 620. The number of nitrogens with zero attached hydrogens (tertiary/aromatic N) is 1. The molecule has 2 aromatic rings. The van der Waals surface area contributed by atoms with Gasteiger partial charge in [-0.25, -0.2) is 4.98 Å². The SMILES string of the molecule is CCCNc1nc(NCc2ccccc2Br)c(Cl)cc1Cl. The monoisotopic (exact) mass is 387 g/mol. The van der Waals surface area contributed by atoms with Crippen LogP contribution in [-0.2, 0) is 6.54 Å². The molecule has 1 heterocycles. The van der Waals surface area contributed by atoms with E-state index < -0.39 is 0 Å². The Labute approximate surface area is 143 Å². The Morgan fingerprint density at radius 3 is 2.43 bits per heavy atom. The molecule has 0 spiro atoms. The number of aromatic nitrogens is 1. The number of halogens is 3. The average Bonchev–Trinajstić information content (AvgIpc) is 2.47. The van der Waals surface area contributed by atoms with E-state index in [-0.39, 0.29) is 0 Å². The molecule has 3 nitrogen and oxygen atoms in total. The minimum atomic E-state index is 0.508. The highest BCUT2D eigenvalue weighted by Gasteiger charge is 2.09. The fraction of sp³-hybridized carbons (Fsp3) is 0.267. The third-order valence-corrected chi connectivity index (χ3v) is 4.23. The first-order valence-corrected chi connectivity index (χ1v) is 8.24. The van der Waals surface area contributed by atoms with Crippen LogP contribution in [0.25, 0.3) is 0 Å². The average molecular weight is 389 g/mol. The lowest BCUT2D eigenvalue weighted by Crippen LogP contribution is -2.07. The summed E-state index contributed by atoms with van der Waals surface area (Å²) in [6.45, 7) is 3.53. The number of benzene rings is 1. The highest BCUT2D eigenvalue weighted by molar-refractivity contribution is 9.10. The summed E-state index contributed by atoms with van der Waals surface area (Å²) >= 11 is 15.8. The van der Waals surface area contributed by atoms with Crippen molar-refractivity contribution in [3.05, 3.63) is 50.4 Å². The van der Waals surface area contributed by atoms with E-state index in [4.69, 9.17) is 23.2 Å². The van der Waals surface area contributed by atoms with Gasteiger partial charge in [0.2, 0.25) is 0 Å². The smallest absolute Gasteiger partial charge is 0.147 e. The second kappa shape index (κ2) is 7.87. The molecule has 1 aromatic carbocycles. The van der Waals surface area contributed by atoms with Crippen molar-refractivity contribution in [1.29, 1.82) is 0 Å². The standard InChI is InChI=1S/C15H16BrCl2N3/c1-2-7-19-14-12(17)8-13(18)15(21-14)20-9-10-5-3-4-6-11(10)16/h3-6,8H,2,7,9H2,1H3,(H2,19,20,21). The molecule has 6 heteroatoms. The summed E-state index contributed by atoms with van der Waals surface area (Å²) in [5.74, 6) is 1.27. The van der Waals surface area contributed by atoms with E-state index >= 15 is 0 Å². The van der Waals surface area contributed by atoms with Gasteiger partial charge in [0.15, 0.2) is 0 Å². The van der Waals surface area contributed by atoms with Gasteiger partial charge in [-0.05, 0) is 24.1 Å². The number of hydrogen-bond acceptors (Lipinski definition) is 3. The molecule has 0 fully saturated rings. The van der Waals surface area contributed by atoms with E-state index in [2.05, 4.69) is 38.5 Å². The van der Waals surface area contributed by atoms with Gasteiger partial charge in [0, 0.05) is 17.6 Å². The van der Waals surface area contributed by atoms with E-state index in [1.165, 1.54) is 0 Å². The van der Waals surface area contributed by atoms with Gasteiger partial charge in [-0.2, -0.15) is 0 Å². The summed E-state index contributed by atoms with van der Waals surface area (Å²) < 4.78 is 1.05. The number of hydrogen-bond donors (Lipinski definition) is 2. The van der Waals surface area contributed by atoms with Crippen molar-refractivity contribution in [3.63, 3.8) is 0 Å². The van der Waals surface area contributed by atoms with Crippen molar-refractivity contribution >= 4 is 50.8 Å². The third kappa shape index (κ3) is 4.50. The van der Waals surface area contributed by atoms with Gasteiger partial charge in [-0.3, -0.25) is 0 Å². The molecule has 0 aliphatic carbocycles. The van der Waals surface area contributed by atoms with Crippen molar-refractivity contribution in [1.82, 2.24) is 4.98 Å². The lowest BCUT2D eigenvalue weighted by atomic mass is 10.2. The highest BCUT2D eigenvalue weighted by Crippen LogP contribution is 2.29. The minimum absolute atomic E-state index is 0.508. The molecule has 0 atom stereocenters. The number of nitrogens with one attached hydrogen (secondary N) is 2. The molecule has 112 valence electrons. The molecule has 1 aromatic heterocycles. The first-order valence-electron chi connectivity index (χ1n) is 6.69. The maximum atomic E-state index is 6.19. The van der Waals surface area contributed by atoms with Crippen LogP contribution < -0.4 is 10.6 Å². The fourth-order valence-electron chi connectivity index (χ4n) is 1.78. The molecule has 0 aliphatic rings. The zero-order valence-corrected chi connectivity index (χ0v) is 14.7. The second-order valence-corrected chi connectivity index (χ2v) is 6.19. The zero-order valence-electron chi connectivity index (χ0n) is 11.6. The van der Waals surface area contributed by atoms with Crippen LogP contribution in [0.15, 0.2) is 34.8 Å². The van der Waals surface area contributed by atoms with Gasteiger partial charge in [0.25, 0.3) is 0 Å².